The van der Waals surface area contributed by atoms with Crippen LogP contribution in [0.1, 0.15) is 43.2 Å². The van der Waals surface area contributed by atoms with Crippen molar-refractivity contribution >= 4 is 22.0 Å². The van der Waals surface area contributed by atoms with Crippen LogP contribution in [0.5, 0.6) is 0 Å². The van der Waals surface area contributed by atoms with Gasteiger partial charge >= 0.3 is 0 Å². The number of ether oxygens (including phenoxy) is 1. The van der Waals surface area contributed by atoms with Gasteiger partial charge < -0.3 is 9.64 Å². The van der Waals surface area contributed by atoms with Gasteiger partial charge in [-0.1, -0.05) is 60.5 Å². The minimum absolute atomic E-state index is 0.763. The Morgan fingerprint density at radius 3 is 2.47 bits per heavy atom. The van der Waals surface area contributed by atoms with Gasteiger partial charge in [0.1, 0.15) is 0 Å². The molecule has 34 heavy (non-hydrogen) atoms. The van der Waals surface area contributed by atoms with Gasteiger partial charge in [0.2, 0.25) is 0 Å². The van der Waals surface area contributed by atoms with E-state index in [9.17, 15) is 0 Å². The molecule has 2 fully saturated rings. The van der Waals surface area contributed by atoms with Crippen molar-refractivity contribution in [3.8, 4) is 11.1 Å². The number of rotatable bonds is 3. The molecule has 0 radical (unpaired) electrons. The molecule has 1 atom stereocenters. The molecule has 1 saturated heterocycles. The molecule has 3 aliphatic carbocycles. The molecule has 0 aromatic heterocycles. The lowest BCUT2D eigenvalue weighted by Gasteiger charge is -2.40. The van der Waals surface area contributed by atoms with Gasteiger partial charge in [-0.05, 0) is 101 Å². The molecule has 1 unspecified atom stereocenters. The first-order valence-corrected chi connectivity index (χ1v) is 13.2. The van der Waals surface area contributed by atoms with Crippen molar-refractivity contribution in [1.29, 1.82) is 0 Å². The van der Waals surface area contributed by atoms with E-state index in [-0.39, 0.29) is 0 Å². The van der Waals surface area contributed by atoms with Gasteiger partial charge in [-0.3, -0.25) is 0 Å². The summed E-state index contributed by atoms with van der Waals surface area (Å²) in [6.07, 6.45) is 12.8. The van der Waals surface area contributed by atoms with Gasteiger partial charge in [0, 0.05) is 18.8 Å². The molecule has 0 spiro atoms. The molecule has 0 bridgehead atoms. The van der Waals surface area contributed by atoms with E-state index in [0.29, 0.717) is 0 Å². The third-order valence-electron chi connectivity index (χ3n) is 8.80. The molecule has 0 amide bonds. The lowest BCUT2D eigenvalue weighted by molar-refractivity contribution is 0.122. The Kier molecular flexibility index (Phi) is 5.09. The van der Waals surface area contributed by atoms with E-state index >= 15 is 0 Å². The Morgan fingerprint density at radius 1 is 0.853 bits per heavy atom. The Morgan fingerprint density at radius 2 is 1.68 bits per heavy atom. The highest BCUT2D eigenvalue weighted by molar-refractivity contribution is 5.96. The minimum atomic E-state index is 0.763. The molecule has 1 heterocycles. The number of nitrogens with zero attached hydrogens (tertiary/aromatic N) is 1. The smallest absolute Gasteiger partial charge is 0.0642 e. The lowest BCUT2D eigenvalue weighted by Crippen LogP contribution is -2.36. The first kappa shape index (κ1) is 20.5. The lowest BCUT2D eigenvalue weighted by atomic mass is 9.64. The first-order chi connectivity index (χ1) is 16.8. The Bertz CT molecular complexity index is 1290. The van der Waals surface area contributed by atoms with E-state index in [1.165, 1.54) is 71.7 Å². The summed E-state index contributed by atoms with van der Waals surface area (Å²) in [6.45, 7) is 3.62. The van der Waals surface area contributed by atoms with Gasteiger partial charge in [-0.2, -0.15) is 0 Å². The zero-order valence-corrected chi connectivity index (χ0v) is 19.9. The fourth-order valence-corrected chi connectivity index (χ4v) is 6.70. The highest BCUT2D eigenvalue weighted by Gasteiger charge is 2.35. The zero-order valence-electron chi connectivity index (χ0n) is 19.9. The van der Waals surface area contributed by atoms with Gasteiger partial charge in [0.05, 0.1) is 13.2 Å². The number of anilines is 1. The Balaban J connectivity index is 1.24. The molecular formula is C32H33NO. The molecule has 4 aliphatic rings. The van der Waals surface area contributed by atoms with E-state index < -0.39 is 0 Å². The zero-order chi connectivity index (χ0) is 22.5. The summed E-state index contributed by atoms with van der Waals surface area (Å²) in [5.41, 5.74) is 10.3. The second-order valence-electron chi connectivity index (χ2n) is 10.6. The Hall–Kier alpha value is -2.84. The van der Waals surface area contributed by atoms with Crippen LogP contribution in [-0.2, 0) is 11.2 Å². The minimum Gasteiger partial charge on any atom is -0.378 e. The van der Waals surface area contributed by atoms with Crippen molar-refractivity contribution < 1.29 is 4.74 Å². The molecular weight excluding hydrogens is 414 g/mol. The van der Waals surface area contributed by atoms with Crippen molar-refractivity contribution in [3.63, 3.8) is 0 Å². The van der Waals surface area contributed by atoms with Crippen LogP contribution in [-0.4, -0.2) is 26.3 Å². The first-order valence-electron chi connectivity index (χ1n) is 13.2. The van der Waals surface area contributed by atoms with Crippen molar-refractivity contribution in [2.45, 2.75) is 38.5 Å². The third kappa shape index (κ3) is 3.43. The van der Waals surface area contributed by atoms with Gasteiger partial charge in [0.25, 0.3) is 0 Å². The van der Waals surface area contributed by atoms with Crippen LogP contribution in [0.15, 0.2) is 72.3 Å². The third-order valence-corrected chi connectivity index (χ3v) is 8.80. The maximum absolute atomic E-state index is 5.50. The number of benzene rings is 3. The highest BCUT2D eigenvalue weighted by atomic mass is 16.5. The van der Waals surface area contributed by atoms with Crippen LogP contribution >= 0.6 is 0 Å². The second kappa shape index (κ2) is 8.43. The van der Waals surface area contributed by atoms with Crippen LogP contribution in [0, 0.1) is 11.8 Å². The van der Waals surface area contributed by atoms with Gasteiger partial charge in [0.15, 0.2) is 0 Å². The van der Waals surface area contributed by atoms with E-state index in [4.69, 9.17) is 4.74 Å². The SMILES string of the molecule is C1=CC2=C(CC1)C(C1CCC1)Cc1c2ccc2cc(-c3ccc(N4CCOCC4)cc3)ccc12. The molecule has 7 rings (SSSR count). The fraction of sp³-hybridized carbons (Fsp3) is 0.375. The monoisotopic (exact) mass is 447 g/mol. The van der Waals surface area contributed by atoms with E-state index in [1.54, 1.807) is 16.7 Å². The van der Waals surface area contributed by atoms with Crippen LogP contribution < -0.4 is 4.90 Å². The van der Waals surface area contributed by atoms with Gasteiger partial charge in [-0.25, -0.2) is 0 Å². The predicted molar refractivity (Wildman–Crippen MR) is 142 cm³/mol. The molecule has 2 heteroatoms. The Labute approximate surface area is 202 Å². The molecule has 1 aliphatic heterocycles. The van der Waals surface area contributed by atoms with Crippen LogP contribution in [0.3, 0.4) is 0 Å². The maximum Gasteiger partial charge on any atom is 0.0642 e. The number of hydrogen-bond donors (Lipinski definition) is 0. The number of fused-ring (bicyclic) bond motifs is 4. The maximum atomic E-state index is 5.50. The normalized spacial score (nSPS) is 22.5. The predicted octanol–water partition coefficient (Wildman–Crippen LogP) is 7.42. The van der Waals surface area contributed by atoms with Crippen LogP contribution in [0.2, 0.25) is 0 Å². The van der Waals surface area contributed by atoms with Crippen molar-refractivity contribution in [2.75, 3.05) is 31.2 Å². The van der Waals surface area contributed by atoms with E-state index in [2.05, 4.69) is 71.6 Å². The second-order valence-corrected chi connectivity index (χ2v) is 10.6. The molecule has 3 aromatic carbocycles. The summed E-state index contributed by atoms with van der Waals surface area (Å²) in [4.78, 5) is 2.42. The van der Waals surface area contributed by atoms with Crippen LogP contribution in [0.4, 0.5) is 5.69 Å². The summed E-state index contributed by atoms with van der Waals surface area (Å²) < 4.78 is 5.50. The standard InChI is InChI=1S/C32H33NO/c1-2-7-29-28(6-1)30-15-11-25-20-24(10-14-27(25)32(30)21-31(29)23-4-3-5-23)22-8-12-26(13-9-22)33-16-18-34-19-17-33/h1,6,8-15,20,23,31H,2-5,7,16-19,21H2. The largest absolute Gasteiger partial charge is 0.378 e. The average Bonchev–Trinajstić information content (AvgIpc) is 2.88. The molecule has 1 saturated carbocycles. The van der Waals surface area contributed by atoms with E-state index in [0.717, 1.165) is 38.1 Å². The topological polar surface area (TPSA) is 12.5 Å². The molecule has 0 N–H and O–H groups in total. The summed E-state index contributed by atoms with van der Waals surface area (Å²) >= 11 is 0. The van der Waals surface area contributed by atoms with Crippen LogP contribution in [0.25, 0.3) is 27.5 Å². The van der Waals surface area contributed by atoms with Crippen molar-refractivity contribution in [3.05, 3.63) is 83.4 Å². The van der Waals surface area contributed by atoms with Gasteiger partial charge in [-0.15, -0.1) is 0 Å². The average molecular weight is 448 g/mol. The van der Waals surface area contributed by atoms with Crippen molar-refractivity contribution in [1.82, 2.24) is 0 Å². The fourth-order valence-electron chi connectivity index (χ4n) is 6.70. The number of allylic oxidation sites excluding steroid dienone is 4. The van der Waals surface area contributed by atoms with Crippen molar-refractivity contribution in [2.24, 2.45) is 11.8 Å². The summed E-state index contributed by atoms with van der Waals surface area (Å²) in [7, 11) is 0. The number of hydrogen-bond acceptors (Lipinski definition) is 2. The molecule has 3 aromatic rings. The summed E-state index contributed by atoms with van der Waals surface area (Å²) in [5, 5.41) is 2.84. The highest BCUT2D eigenvalue weighted by Crippen LogP contribution is 2.49. The molecule has 172 valence electrons. The van der Waals surface area contributed by atoms with E-state index in [1.807, 2.05) is 0 Å². The quantitative estimate of drug-likeness (QED) is 0.414. The summed E-state index contributed by atoms with van der Waals surface area (Å²) in [5.74, 6) is 1.67. The number of morpholine rings is 1. The molecule has 2 nitrogen and oxygen atoms in total. The summed E-state index contributed by atoms with van der Waals surface area (Å²) in [6, 6.07) is 21.0.